The second kappa shape index (κ2) is 8.94. The van der Waals surface area contributed by atoms with E-state index >= 15 is 0 Å². The Labute approximate surface area is 152 Å². The quantitative estimate of drug-likeness (QED) is 0.633. The Morgan fingerprint density at radius 1 is 1.15 bits per heavy atom. The van der Waals surface area contributed by atoms with Gasteiger partial charge in [-0.25, -0.2) is 9.18 Å². The van der Waals surface area contributed by atoms with Crippen molar-refractivity contribution in [3.05, 3.63) is 42.2 Å². The minimum absolute atomic E-state index is 0.00922. The van der Waals surface area contributed by atoms with Crippen molar-refractivity contribution in [1.29, 1.82) is 0 Å². The van der Waals surface area contributed by atoms with Gasteiger partial charge >= 0.3 is 6.03 Å². The van der Waals surface area contributed by atoms with Gasteiger partial charge < -0.3 is 25.8 Å². The van der Waals surface area contributed by atoms with Gasteiger partial charge in [-0.3, -0.25) is 0 Å². The lowest BCUT2D eigenvalue weighted by Gasteiger charge is -2.17. The molecule has 0 fully saturated rings. The number of methoxy groups -OCH3 is 1. The number of ether oxygens (including phenoxy) is 2. The van der Waals surface area contributed by atoms with Crippen molar-refractivity contribution in [2.45, 2.75) is 32.7 Å². The van der Waals surface area contributed by atoms with Crippen LogP contribution in [-0.4, -0.2) is 19.2 Å². The van der Waals surface area contributed by atoms with E-state index in [-0.39, 0.29) is 17.5 Å². The molecule has 0 heterocycles. The molecule has 0 aliphatic heterocycles. The fourth-order valence-corrected chi connectivity index (χ4v) is 2.37. The summed E-state index contributed by atoms with van der Waals surface area (Å²) in [7, 11) is 1.44. The van der Waals surface area contributed by atoms with Gasteiger partial charge in [-0.1, -0.05) is 13.8 Å². The number of hydrogen-bond donors (Lipinski definition) is 3. The number of nitrogen functional groups attached to an aromatic ring is 1. The molecule has 0 aromatic heterocycles. The normalized spacial score (nSPS) is 10.5. The Kier molecular flexibility index (Phi) is 6.66. The van der Waals surface area contributed by atoms with Crippen LogP contribution in [-0.2, 0) is 0 Å². The monoisotopic (exact) mass is 361 g/mol. The molecule has 0 unspecified atom stereocenters. The highest BCUT2D eigenvalue weighted by Crippen LogP contribution is 2.36. The molecule has 0 atom stereocenters. The molecule has 2 amide bonds. The molecular weight excluding hydrogens is 337 g/mol. The van der Waals surface area contributed by atoms with Crippen LogP contribution in [0.25, 0.3) is 0 Å². The molecular formula is C19H24FN3O3. The first-order chi connectivity index (χ1) is 12.5. The number of halogens is 1. The van der Waals surface area contributed by atoms with Gasteiger partial charge in [-0.05, 0) is 37.1 Å². The molecule has 0 spiro atoms. The summed E-state index contributed by atoms with van der Waals surface area (Å²) >= 11 is 0. The summed E-state index contributed by atoms with van der Waals surface area (Å²) in [5.74, 6) is 0.349. The molecule has 6 nitrogen and oxygen atoms in total. The van der Waals surface area contributed by atoms with Gasteiger partial charge in [-0.2, -0.15) is 0 Å². The smallest absolute Gasteiger partial charge is 0.319 e. The van der Waals surface area contributed by atoms with Crippen LogP contribution in [0.2, 0.25) is 0 Å². The number of carbonyl (C=O) groups is 1. The second-order valence-corrected chi connectivity index (χ2v) is 5.77. The number of carbonyl (C=O) groups excluding carboxylic acids is 1. The lowest BCUT2D eigenvalue weighted by Crippen LogP contribution is -2.37. The number of anilines is 2. The maximum absolute atomic E-state index is 14.4. The number of amides is 2. The minimum atomic E-state index is -0.629. The molecule has 4 N–H and O–H groups in total. The SMILES string of the molecule is CCC(CC)NC(=O)Nc1cc(OC)c(Oc2ccc(N)cc2)cc1F. The molecule has 26 heavy (non-hydrogen) atoms. The fourth-order valence-electron chi connectivity index (χ4n) is 2.37. The van der Waals surface area contributed by atoms with Crippen LogP contribution in [0.3, 0.4) is 0 Å². The third-order valence-corrected chi connectivity index (χ3v) is 3.93. The van der Waals surface area contributed by atoms with Crippen LogP contribution in [0.1, 0.15) is 26.7 Å². The Balaban J connectivity index is 2.17. The predicted octanol–water partition coefficient (Wildman–Crippen LogP) is 4.52. The van der Waals surface area contributed by atoms with Crippen LogP contribution >= 0.6 is 0 Å². The van der Waals surface area contributed by atoms with Crippen LogP contribution in [0.15, 0.2) is 36.4 Å². The number of hydrogen-bond acceptors (Lipinski definition) is 4. The van der Waals surface area contributed by atoms with E-state index in [1.165, 1.54) is 19.2 Å². The number of benzene rings is 2. The van der Waals surface area contributed by atoms with E-state index in [1.54, 1.807) is 24.3 Å². The molecule has 0 aliphatic rings. The Hall–Kier alpha value is -2.96. The molecule has 0 saturated heterocycles. The van der Waals surface area contributed by atoms with Crippen molar-refractivity contribution < 1.29 is 18.7 Å². The minimum Gasteiger partial charge on any atom is -0.493 e. The zero-order valence-electron chi connectivity index (χ0n) is 15.1. The highest BCUT2D eigenvalue weighted by molar-refractivity contribution is 5.90. The van der Waals surface area contributed by atoms with Crippen molar-refractivity contribution in [3.8, 4) is 17.2 Å². The van der Waals surface area contributed by atoms with Crippen molar-refractivity contribution >= 4 is 17.4 Å². The third kappa shape index (κ3) is 5.02. The van der Waals surface area contributed by atoms with Crippen LogP contribution in [0.5, 0.6) is 17.2 Å². The lowest BCUT2D eigenvalue weighted by atomic mass is 10.2. The molecule has 2 aromatic carbocycles. The predicted molar refractivity (Wildman–Crippen MR) is 100 cm³/mol. The molecule has 0 saturated carbocycles. The van der Waals surface area contributed by atoms with E-state index in [0.717, 1.165) is 12.8 Å². The molecule has 0 aliphatic carbocycles. The zero-order valence-corrected chi connectivity index (χ0v) is 15.1. The van der Waals surface area contributed by atoms with Gasteiger partial charge in [-0.15, -0.1) is 0 Å². The van der Waals surface area contributed by atoms with Crippen LogP contribution < -0.4 is 25.8 Å². The van der Waals surface area contributed by atoms with Gasteiger partial charge in [0.05, 0.1) is 12.8 Å². The maximum atomic E-state index is 14.4. The first-order valence-electron chi connectivity index (χ1n) is 8.45. The van der Waals surface area contributed by atoms with Crippen molar-refractivity contribution in [1.82, 2.24) is 5.32 Å². The summed E-state index contributed by atoms with van der Waals surface area (Å²) < 4.78 is 25.3. The van der Waals surface area contributed by atoms with Crippen LogP contribution in [0.4, 0.5) is 20.6 Å². The van der Waals surface area contributed by atoms with Crippen LogP contribution in [0, 0.1) is 5.82 Å². The van der Waals surface area contributed by atoms with E-state index in [4.69, 9.17) is 15.2 Å². The van der Waals surface area contributed by atoms with Crippen molar-refractivity contribution in [2.75, 3.05) is 18.2 Å². The van der Waals surface area contributed by atoms with E-state index in [0.29, 0.717) is 17.2 Å². The van der Waals surface area contributed by atoms with Gasteiger partial charge in [0, 0.05) is 23.9 Å². The highest BCUT2D eigenvalue weighted by Gasteiger charge is 2.16. The lowest BCUT2D eigenvalue weighted by molar-refractivity contribution is 0.247. The number of rotatable bonds is 7. The van der Waals surface area contributed by atoms with Gasteiger partial charge in [0.2, 0.25) is 0 Å². The molecule has 7 heteroatoms. The number of urea groups is 1. The first-order valence-corrected chi connectivity index (χ1v) is 8.45. The maximum Gasteiger partial charge on any atom is 0.319 e. The molecule has 0 radical (unpaired) electrons. The Morgan fingerprint density at radius 3 is 2.38 bits per heavy atom. The molecule has 2 aromatic rings. The van der Waals surface area contributed by atoms with Crippen molar-refractivity contribution in [3.63, 3.8) is 0 Å². The van der Waals surface area contributed by atoms with E-state index in [1.807, 2.05) is 13.8 Å². The highest BCUT2D eigenvalue weighted by atomic mass is 19.1. The topological polar surface area (TPSA) is 85.6 Å². The fraction of sp³-hybridized carbons (Fsp3) is 0.316. The average molecular weight is 361 g/mol. The third-order valence-electron chi connectivity index (χ3n) is 3.93. The Bertz CT molecular complexity index is 746. The summed E-state index contributed by atoms with van der Waals surface area (Å²) in [6.45, 7) is 3.95. The average Bonchev–Trinajstić information content (AvgIpc) is 2.63. The van der Waals surface area contributed by atoms with Crippen molar-refractivity contribution in [2.24, 2.45) is 0 Å². The zero-order chi connectivity index (χ0) is 19.1. The molecule has 0 bridgehead atoms. The number of nitrogens with one attached hydrogen (secondary N) is 2. The van der Waals surface area contributed by atoms with Gasteiger partial charge in [0.1, 0.15) is 5.75 Å². The van der Waals surface area contributed by atoms with E-state index < -0.39 is 11.8 Å². The Morgan fingerprint density at radius 2 is 1.81 bits per heavy atom. The first kappa shape index (κ1) is 19.4. The summed E-state index contributed by atoms with van der Waals surface area (Å²) in [6.07, 6.45) is 1.59. The molecule has 140 valence electrons. The second-order valence-electron chi connectivity index (χ2n) is 5.77. The van der Waals surface area contributed by atoms with E-state index in [2.05, 4.69) is 10.6 Å². The van der Waals surface area contributed by atoms with Gasteiger partial charge in [0.25, 0.3) is 0 Å². The summed E-state index contributed by atoms with van der Waals surface area (Å²) in [6, 6.07) is 8.81. The molecule has 2 rings (SSSR count). The number of nitrogens with two attached hydrogens (primary N) is 1. The summed E-state index contributed by atoms with van der Waals surface area (Å²) in [5.41, 5.74) is 6.24. The summed E-state index contributed by atoms with van der Waals surface area (Å²) in [4.78, 5) is 12.0. The standard InChI is InChI=1S/C19H24FN3O3/c1-4-13(5-2)22-19(24)23-16-11-17(25-3)18(10-15(16)20)26-14-8-6-12(21)7-9-14/h6-11,13H,4-5,21H2,1-3H3,(H2,22,23,24). The van der Waals surface area contributed by atoms with E-state index in [9.17, 15) is 9.18 Å². The summed E-state index contributed by atoms with van der Waals surface area (Å²) in [5, 5.41) is 5.29. The largest absolute Gasteiger partial charge is 0.493 e. The van der Waals surface area contributed by atoms with Gasteiger partial charge in [0.15, 0.2) is 17.3 Å².